The molecule has 0 radical (unpaired) electrons. The van der Waals surface area contributed by atoms with Crippen LogP contribution in [0.15, 0.2) is 79.0 Å². The van der Waals surface area contributed by atoms with Crippen LogP contribution < -0.4 is 10.6 Å². The van der Waals surface area contributed by atoms with Crippen LogP contribution in [0.2, 0.25) is 0 Å². The lowest BCUT2D eigenvalue weighted by molar-refractivity contribution is -0.134. The Labute approximate surface area is 209 Å². The largest absolute Gasteiger partial charge is 0.361 e. The van der Waals surface area contributed by atoms with E-state index in [1.807, 2.05) is 92.8 Å². The number of carbonyl (C=O) groups is 3. The number of hydrogen-bond acceptors (Lipinski definition) is 3. The summed E-state index contributed by atoms with van der Waals surface area (Å²) in [6.07, 6.45) is 2.57. The molecule has 1 unspecified atom stereocenters. The number of aromatic amines is 1. The number of nitrogens with zero attached hydrogens (tertiary/aromatic N) is 1. The van der Waals surface area contributed by atoms with E-state index in [1.165, 1.54) is 0 Å². The van der Waals surface area contributed by atoms with E-state index in [0.717, 1.165) is 32.5 Å². The minimum atomic E-state index is -1.39. The molecule has 7 heteroatoms. The number of para-hydroxylation sites is 1. The molecule has 4 amide bonds. The van der Waals surface area contributed by atoms with Gasteiger partial charge >= 0.3 is 6.03 Å². The van der Waals surface area contributed by atoms with Crippen LogP contribution in [-0.2, 0) is 21.5 Å². The van der Waals surface area contributed by atoms with E-state index in [4.69, 9.17) is 0 Å². The van der Waals surface area contributed by atoms with Crippen molar-refractivity contribution in [3.05, 3.63) is 107 Å². The van der Waals surface area contributed by atoms with Gasteiger partial charge in [0.15, 0.2) is 5.54 Å². The van der Waals surface area contributed by atoms with Crippen molar-refractivity contribution < 1.29 is 14.4 Å². The first-order valence-corrected chi connectivity index (χ1v) is 12.0. The van der Waals surface area contributed by atoms with E-state index in [0.29, 0.717) is 24.1 Å². The number of nitrogens with one attached hydrogen (secondary N) is 3. The topological polar surface area (TPSA) is 94.3 Å². The Morgan fingerprint density at radius 3 is 2.44 bits per heavy atom. The molecule has 1 saturated heterocycles. The molecule has 0 aliphatic carbocycles. The number of aromatic nitrogens is 1. The summed E-state index contributed by atoms with van der Waals surface area (Å²) in [6.45, 7) is 4.01. The fourth-order valence-electron chi connectivity index (χ4n) is 4.81. The highest BCUT2D eigenvalue weighted by Gasteiger charge is 2.54. The van der Waals surface area contributed by atoms with Crippen molar-refractivity contribution in [3.63, 3.8) is 0 Å². The first-order valence-electron chi connectivity index (χ1n) is 12.0. The summed E-state index contributed by atoms with van der Waals surface area (Å²) in [7, 11) is 0. The normalized spacial score (nSPS) is 17.4. The third-order valence-electron chi connectivity index (χ3n) is 6.95. The van der Waals surface area contributed by atoms with Crippen LogP contribution in [0.5, 0.6) is 0 Å². The van der Waals surface area contributed by atoms with Crippen molar-refractivity contribution in [1.29, 1.82) is 0 Å². The smallest absolute Gasteiger partial charge is 0.326 e. The van der Waals surface area contributed by atoms with E-state index < -0.39 is 17.5 Å². The molecule has 0 saturated carbocycles. The van der Waals surface area contributed by atoms with Crippen molar-refractivity contribution in [3.8, 4) is 0 Å². The van der Waals surface area contributed by atoms with Gasteiger partial charge in [-0.1, -0.05) is 66.7 Å². The van der Waals surface area contributed by atoms with Gasteiger partial charge in [-0.15, -0.1) is 0 Å². The molecule has 3 aromatic carbocycles. The zero-order valence-corrected chi connectivity index (χ0v) is 20.3. The molecule has 7 nitrogen and oxygen atoms in total. The summed E-state index contributed by atoms with van der Waals surface area (Å²) in [5.41, 5.74) is 4.16. The number of fused-ring (bicyclic) bond motifs is 1. The van der Waals surface area contributed by atoms with E-state index in [9.17, 15) is 14.4 Å². The van der Waals surface area contributed by atoms with Gasteiger partial charge in [-0.2, -0.15) is 0 Å². The predicted octanol–water partition coefficient (Wildman–Crippen LogP) is 3.94. The zero-order chi connectivity index (χ0) is 25.3. The molecule has 2 heterocycles. The van der Waals surface area contributed by atoms with Crippen molar-refractivity contribution in [2.45, 2.75) is 25.8 Å². The maximum Gasteiger partial charge on any atom is 0.326 e. The first kappa shape index (κ1) is 23.4. The summed E-state index contributed by atoms with van der Waals surface area (Å²) in [5, 5.41) is 6.87. The second kappa shape index (κ2) is 9.34. The Hall–Kier alpha value is -4.39. The minimum Gasteiger partial charge on any atom is -0.361 e. The Kier molecular flexibility index (Phi) is 6.06. The van der Waals surface area contributed by atoms with Crippen molar-refractivity contribution in [2.75, 3.05) is 13.1 Å². The molecule has 0 bridgehead atoms. The second-order valence-electron chi connectivity index (χ2n) is 9.20. The Balaban J connectivity index is 1.34. The van der Waals surface area contributed by atoms with Gasteiger partial charge in [0.1, 0.15) is 6.54 Å². The third-order valence-corrected chi connectivity index (χ3v) is 6.95. The SMILES string of the molecule is Cc1ccc(C2(c3ccccc3)NC(=O)N(CC(=O)NCCc3c[nH]c4ccccc34)C2=O)cc1C. The molecule has 1 aromatic heterocycles. The van der Waals surface area contributed by atoms with E-state index >= 15 is 0 Å². The van der Waals surface area contributed by atoms with Crippen LogP contribution in [0, 0.1) is 13.8 Å². The lowest BCUT2D eigenvalue weighted by atomic mass is 9.81. The third kappa shape index (κ3) is 4.02. The Morgan fingerprint density at radius 2 is 1.67 bits per heavy atom. The van der Waals surface area contributed by atoms with E-state index in [1.54, 1.807) is 0 Å². The van der Waals surface area contributed by atoms with E-state index in [-0.39, 0.29) is 12.5 Å². The van der Waals surface area contributed by atoms with E-state index in [2.05, 4.69) is 15.6 Å². The van der Waals surface area contributed by atoms with Gasteiger partial charge in [-0.05, 0) is 54.2 Å². The zero-order valence-electron chi connectivity index (χ0n) is 20.3. The Bertz CT molecular complexity index is 1460. The number of hydrogen-bond donors (Lipinski definition) is 3. The van der Waals surface area contributed by atoms with Gasteiger partial charge in [-0.3, -0.25) is 14.5 Å². The lowest BCUT2D eigenvalue weighted by Crippen LogP contribution is -2.46. The average molecular weight is 481 g/mol. The molecule has 36 heavy (non-hydrogen) atoms. The molecular weight excluding hydrogens is 452 g/mol. The van der Waals surface area contributed by atoms with Gasteiger partial charge in [0.05, 0.1) is 0 Å². The maximum absolute atomic E-state index is 13.8. The molecule has 1 aliphatic heterocycles. The number of benzene rings is 3. The molecule has 0 spiro atoms. The summed E-state index contributed by atoms with van der Waals surface area (Å²) >= 11 is 0. The van der Waals surface area contributed by atoms with Crippen molar-refractivity contribution >= 4 is 28.7 Å². The Morgan fingerprint density at radius 1 is 0.917 bits per heavy atom. The van der Waals surface area contributed by atoms with Gasteiger partial charge in [0.25, 0.3) is 5.91 Å². The summed E-state index contributed by atoms with van der Waals surface area (Å²) < 4.78 is 0. The fraction of sp³-hybridized carbons (Fsp3) is 0.207. The molecule has 5 rings (SSSR count). The second-order valence-corrected chi connectivity index (χ2v) is 9.20. The van der Waals surface area contributed by atoms with Gasteiger partial charge in [0, 0.05) is 23.6 Å². The molecule has 3 N–H and O–H groups in total. The number of carbonyl (C=O) groups excluding carboxylic acids is 3. The van der Waals surface area contributed by atoms with Crippen LogP contribution >= 0.6 is 0 Å². The fourth-order valence-corrected chi connectivity index (χ4v) is 4.81. The summed E-state index contributed by atoms with van der Waals surface area (Å²) in [4.78, 5) is 43.9. The van der Waals surface area contributed by atoms with Gasteiger partial charge < -0.3 is 15.6 Å². The number of amides is 4. The highest BCUT2D eigenvalue weighted by molar-refractivity contribution is 6.11. The predicted molar refractivity (Wildman–Crippen MR) is 138 cm³/mol. The number of aryl methyl sites for hydroxylation is 2. The monoisotopic (exact) mass is 480 g/mol. The minimum absolute atomic E-state index is 0.349. The molecule has 1 fully saturated rings. The maximum atomic E-state index is 13.8. The lowest BCUT2D eigenvalue weighted by Gasteiger charge is -2.28. The van der Waals surface area contributed by atoms with Crippen LogP contribution in [0.3, 0.4) is 0 Å². The number of H-pyrrole nitrogens is 1. The van der Waals surface area contributed by atoms with Crippen molar-refractivity contribution in [2.24, 2.45) is 0 Å². The quantitative estimate of drug-likeness (QED) is 0.350. The van der Waals surface area contributed by atoms with Gasteiger partial charge in [0.2, 0.25) is 5.91 Å². The van der Waals surface area contributed by atoms with Gasteiger partial charge in [-0.25, -0.2) is 4.79 Å². The highest BCUT2D eigenvalue weighted by Crippen LogP contribution is 2.36. The first-order chi connectivity index (χ1) is 17.4. The molecule has 1 atom stereocenters. The molecular formula is C29H28N4O3. The number of rotatable bonds is 7. The summed E-state index contributed by atoms with van der Waals surface area (Å²) in [6, 6.07) is 22.3. The molecule has 182 valence electrons. The summed E-state index contributed by atoms with van der Waals surface area (Å²) in [5.74, 6) is -0.851. The number of urea groups is 1. The van der Waals surface area contributed by atoms with Crippen LogP contribution in [0.4, 0.5) is 4.79 Å². The average Bonchev–Trinajstić information content (AvgIpc) is 3.41. The van der Waals surface area contributed by atoms with Crippen molar-refractivity contribution in [1.82, 2.24) is 20.5 Å². The van der Waals surface area contributed by atoms with Crippen LogP contribution in [0.1, 0.15) is 27.8 Å². The number of imide groups is 1. The van der Waals surface area contributed by atoms with Crippen LogP contribution in [0.25, 0.3) is 10.9 Å². The van der Waals surface area contributed by atoms with Crippen LogP contribution in [-0.4, -0.2) is 40.8 Å². The standard InChI is InChI=1S/C29H28N4O3/c1-19-12-13-23(16-20(19)2)29(22-8-4-3-5-9-22)27(35)33(28(36)32-29)18-26(34)30-15-14-21-17-31-25-11-7-6-10-24(21)25/h3-13,16-17,31H,14-15,18H2,1-2H3,(H,30,34)(H,32,36). The molecule has 4 aromatic rings. The molecule has 1 aliphatic rings. The highest BCUT2D eigenvalue weighted by atomic mass is 16.2.